The van der Waals surface area contributed by atoms with Crippen molar-refractivity contribution in [1.29, 1.82) is 0 Å². The molecule has 1 aromatic heterocycles. The van der Waals surface area contributed by atoms with Gasteiger partial charge in [-0.2, -0.15) is 0 Å². The zero-order valence-corrected chi connectivity index (χ0v) is 11.1. The third kappa shape index (κ3) is 2.93. The first-order chi connectivity index (χ1) is 9.49. The van der Waals surface area contributed by atoms with Crippen LogP contribution in [0.1, 0.15) is 25.6 Å². The first-order valence-electron chi connectivity index (χ1n) is 6.06. The SMILES string of the molecule is CC(C)n1cncc1COc1cc(F)ccc1[N+](=O)[O-]. The topological polar surface area (TPSA) is 70.2 Å². The molecule has 2 rings (SSSR count). The summed E-state index contributed by atoms with van der Waals surface area (Å²) in [7, 11) is 0. The molecule has 0 radical (unpaired) electrons. The van der Waals surface area contributed by atoms with Crippen LogP contribution in [0.15, 0.2) is 30.7 Å². The first kappa shape index (κ1) is 14.0. The van der Waals surface area contributed by atoms with E-state index >= 15 is 0 Å². The van der Waals surface area contributed by atoms with Gasteiger partial charge in [-0.25, -0.2) is 9.37 Å². The molecule has 0 N–H and O–H groups in total. The van der Waals surface area contributed by atoms with Gasteiger partial charge in [-0.1, -0.05) is 0 Å². The first-order valence-corrected chi connectivity index (χ1v) is 6.06. The normalized spacial score (nSPS) is 10.8. The number of hydrogen-bond donors (Lipinski definition) is 0. The van der Waals surface area contributed by atoms with Gasteiger partial charge >= 0.3 is 5.69 Å². The lowest BCUT2D eigenvalue weighted by molar-refractivity contribution is -0.386. The van der Waals surface area contributed by atoms with Crippen LogP contribution >= 0.6 is 0 Å². The molecule has 20 heavy (non-hydrogen) atoms. The number of ether oxygens (including phenoxy) is 1. The molecule has 106 valence electrons. The Kier molecular flexibility index (Phi) is 3.97. The van der Waals surface area contributed by atoms with Crippen molar-refractivity contribution in [2.75, 3.05) is 0 Å². The van der Waals surface area contributed by atoms with E-state index in [4.69, 9.17) is 4.74 Å². The van der Waals surface area contributed by atoms with Gasteiger partial charge in [0.2, 0.25) is 0 Å². The van der Waals surface area contributed by atoms with E-state index in [1.54, 1.807) is 12.5 Å². The Hall–Kier alpha value is -2.44. The zero-order chi connectivity index (χ0) is 14.7. The van der Waals surface area contributed by atoms with E-state index in [0.29, 0.717) is 0 Å². The molecule has 0 bridgehead atoms. The molecular weight excluding hydrogens is 265 g/mol. The molecule has 0 saturated carbocycles. The predicted molar refractivity (Wildman–Crippen MR) is 70.0 cm³/mol. The fourth-order valence-electron chi connectivity index (χ4n) is 1.81. The quantitative estimate of drug-likeness (QED) is 0.623. The molecule has 2 aromatic rings. The maximum atomic E-state index is 13.2. The maximum absolute atomic E-state index is 13.2. The van der Waals surface area contributed by atoms with Gasteiger partial charge in [0.1, 0.15) is 12.4 Å². The molecule has 0 fully saturated rings. The number of rotatable bonds is 5. The van der Waals surface area contributed by atoms with Crippen LogP contribution in [0.2, 0.25) is 0 Å². The van der Waals surface area contributed by atoms with Gasteiger partial charge in [0.25, 0.3) is 0 Å². The fourth-order valence-corrected chi connectivity index (χ4v) is 1.81. The Labute approximate surface area is 115 Å². The van der Waals surface area contributed by atoms with Crippen molar-refractivity contribution in [2.45, 2.75) is 26.5 Å². The van der Waals surface area contributed by atoms with Crippen LogP contribution in [-0.2, 0) is 6.61 Å². The van der Waals surface area contributed by atoms with Crippen molar-refractivity contribution in [3.8, 4) is 5.75 Å². The molecule has 0 aliphatic heterocycles. The van der Waals surface area contributed by atoms with Gasteiger partial charge in [-0.3, -0.25) is 10.1 Å². The summed E-state index contributed by atoms with van der Waals surface area (Å²) in [6.07, 6.45) is 3.27. The molecule has 0 unspecified atom stereocenters. The second kappa shape index (κ2) is 5.68. The minimum Gasteiger partial charge on any atom is -0.480 e. The van der Waals surface area contributed by atoms with Crippen LogP contribution in [0.3, 0.4) is 0 Å². The molecule has 7 heteroatoms. The van der Waals surface area contributed by atoms with E-state index in [0.717, 1.165) is 23.9 Å². The number of hydrogen-bond acceptors (Lipinski definition) is 4. The number of halogens is 1. The van der Waals surface area contributed by atoms with Crippen molar-refractivity contribution in [1.82, 2.24) is 9.55 Å². The average Bonchev–Trinajstić information content (AvgIpc) is 2.84. The lowest BCUT2D eigenvalue weighted by Crippen LogP contribution is -2.08. The second-order valence-corrected chi connectivity index (χ2v) is 4.54. The standard InChI is InChI=1S/C13H14FN3O3/c1-9(2)16-8-15-6-11(16)7-20-13-5-10(14)3-4-12(13)17(18)19/h3-6,8-9H,7H2,1-2H3. The minimum absolute atomic E-state index is 0.0858. The highest BCUT2D eigenvalue weighted by Gasteiger charge is 2.16. The van der Waals surface area contributed by atoms with Crippen LogP contribution in [0, 0.1) is 15.9 Å². The maximum Gasteiger partial charge on any atom is 0.311 e. The van der Waals surface area contributed by atoms with Crippen molar-refractivity contribution < 1.29 is 14.1 Å². The van der Waals surface area contributed by atoms with E-state index in [1.165, 1.54) is 0 Å². The van der Waals surface area contributed by atoms with Gasteiger partial charge in [-0.05, 0) is 19.9 Å². The van der Waals surface area contributed by atoms with Crippen molar-refractivity contribution >= 4 is 5.69 Å². The second-order valence-electron chi connectivity index (χ2n) is 4.54. The summed E-state index contributed by atoms with van der Waals surface area (Å²) in [5, 5.41) is 10.9. The Morgan fingerprint density at radius 2 is 2.25 bits per heavy atom. The number of nitro groups is 1. The van der Waals surface area contributed by atoms with Gasteiger partial charge < -0.3 is 9.30 Å². The summed E-state index contributed by atoms with van der Waals surface area (Å²) in [6, 6.07) is 3.32. The zero-order valence-electron chi connectivity index (χ0n) is 11.1. The molecule has 0 aliphatic carbocycles. The monoisotopic (exact) mass is 279 g/mol. The molecule has 1 heterocycles. The highest BCUT2D eigenvalue weighted by Crippen LogP contribution is 2.28. The van der Waals surface area contributed by atoms with E-state index < -0.39 is 10.7 Å². The van der Waals surface area contributed by atoms with E-state index in [9.17, 15) is 14.5 Å². The lowest BCUT2D eigenvalue weighted by Gasteiger charge is -2.12. The smallest absolute Gasteiger partial charge is 0.311 e. The Balaban J connectivity index is 2.20. The summed E-state index contributed by atoms with van der Waals surface area (Å²) in [5.74, 6) is -0.672. The Bertz CT molecular complexity index is 625. The molecule has 0 amide bonds. The van der Waals surface area contributed by atoms with Crippen LogP contribution in [-0.4, -0.2) is 14.5 Å². The van der Waals surface area contributed by atoms with Gasteiger partial charge in [0.05, 0.1) is 23.1 Å². The molecule has 0 spiro atoms. The molecule has 0 aliphatic rings. The van der Waals surface area contributed by atoms with Crippen molar-refractivity contribution in [3.05, 3.63) is 52.3 Å². The highest BCUT2D eigenvalue weighted by atomic mass is 19.1. The third-order valence-corrected chi connectivity index (χ3v) is 2.80. The van der Waals surface area contributed by atoms with E-state index in [-0.39, 0.29) is 24.1 Å². The lowest BCUT2D eigenvalue weighted by atomic mass is 10.3. The molecule has 6 nitrogen and oxygen atoms in total. The number of aromatic nitrogens is 2. The average molecular weight is 279 g/mol. The fraction of sp³-hybridized carbons (Fsp3) is 0.308. The third-order valence-electron chi connectivity index (χ3n) is 2.80. The number of nitrogens with zero attached hydrogens (tertiary/aromatic N) is 3. The van der Waals surface area contributed by atoms with Crippen LogP contribution in [0.4, 0.5) is 10.1 Å². The van der Waals surface area contributed by atoms with Crippen LogP contribution in [0.25, 0.3) is 0 Å². The number of nitro benzene ring substituents is 1. The summed E-state index contributed by atoms with van der Waals surface area (Å²) < 4.78 is 20.4. The van der Waals surface area contributed by atoms with Crippen molar-refractivity contribution in [2.24, 2.45) is 0 Å². The number of benzene rings is 1. The molecule has 0 saturated heterocycles. The molecular formula is C13H14FN3O3. The summed E-state index contributed by atoms with van der Waals surface area (Å²) >= 11 is 0. The van der Waals surface area contributed by atoms with Crippen molar-refractivity contribution in [3.63, 3.8) is 0 Å². The minimum atomic E-state index is -0.603. The van der Waals surface area contributed by atoms with Crippen LogP contribution in [0.5, 0.6) is 5.75 Å². The molecule has 0 atom stereocenters. The summed E-state index contributed by atoms with van der Waals surface area (Å²) in [5.41, 5.74) is 0.501. The largest absolute Gasteiger partial charge is 0.480 e. The number of imidazole rings is 1. The highest BCUT2D eigenvalue weighted by molar-refractivity contribution is 5.46. The van der Waals surface area contributed by atoms with Gasteiger partial charge in [0, 0.05) is 18.2 Å². The van der Waals surface area contributed by atoms with Crippen LogP contribution < -0.4 is 4.74 Å². The van der Waals surface area contributed by atoms with Gasteiger partial charge in [0.15, 0.2) is 5.75 Å². The van der Waals surface area contributed by atoms with E-state index in [2.05, 4.69) is 4.98 Å². The summed E-state index contributed by atoms with van der Waals surface area (Å²) in [6.45, 7) is 4.05. The predicted octanol–water partition coefficient (Wildman–Crippen LogP) is 3.09. The van der Waals surface area contributed by atoms with Gasteiger partial charge in [-0.15, -0.1) is 0 Å². The Morgan fingerprint density at radius 3 is 2.90 bits per heavy atom. The van der Waals surface area contributed by atoms with E-state index in [1.807, 2.05) is 18.4 Å². The summed E-state index contributed by atoms with van der Waals surface area (Å²) in [4.78, 5) is 14.3. The Morgan fingerprint density at radius 1 is 1.50 bits per heavy atom. The molecule has 1 aromatic carbocycles.